The Kier molecular flexibility index (Phi) is 10.6. The van der Waals surface area contributed by atoms with E-state index < -0.39 is 6.29 Å². The Labute approximate surface area is 228 Å². The molecule has 1 heterocycles. The maximum Gasteiger partial charge on any atom is 0.315 e. The van der Waals surface area contributed by atoms with E-state index in [4.69, 9.17) is 9.47 Å². The first-order valence-electron chi connectivity index (χ1n) is 13.0. The lowest BCUT2D eigenvalue weighted by Crippen LogP contribution is -2.34. The van der Waals surface area contributed by atoms with Crippen LogP contribution in [0.1, 0.15) is 48.0 Å². The van der Waals surface area contributed by atoms with Crippen LogP contribution in [0.3, 0.4) is 0 Å². The van der Waals surface area contributed by atoms with Gasteiger partial charge in [0, 0.05) is 36.6 Å². The molecule has 0 saturated carbocycles. The average molecular weight is 537 g/mol. The van der Waals surface area contributed by atoms with E-state index in [1.165, 1.54) is 0 Å². The minimum atomic E-state index is -0.507. The number of aliphatic hydroxyl groups excluding tert-OH is 2. The number of benzene rings is 3. The molecule has 0 radical (unpaired) electrons. The Balaban J connectivity index is 1.47. The fraction of sp³-hybridized carbons (Fsp3) is 0.367. The zero-order chi connectivity index (χ0) is 26.7. The number of rotatable bonds is 11. The van der Waals surface area contributed by atoms with E-state index in [-0.39, 0.29) is 31.5 Å². The number of nitrogens with one attached hydrogen (secondary N) is 2. The molecule has 3 atom stereocenters. The number of ether oxygens (including phenoxy) is 2. The third-order valence-electron chi connectivity index (χ3n) is 6.39. The van der Waals surface area contributed by atoms with Crippen LogP contribution in [0.2, 0.25) is 0 Å². The van der Waals surface area contributed by atoms with Gasteiger partial charge in [0.25, 0.3) is 0 Å². The van der Waals surface area contributed by atoms with Crippen molar-refractivity contribution in [3.05, 3.63) is 95.1 Å². The number of thioether (sulfide) groups is 1. The van der Waals surface area contributed by atoms with Gasteiger partial charge in [-0.25, -0.2) is 4.79 Å². The first-order chi connectivity index (χ1) is 18.6. The predicted octanol–water partition coefficient (Wildman–Crippen LogP) is 4.94. The summed E-state index contributed by atoms with van der Waals surface area (Å²) >= 11 is 1.68. The van der Waals surface area contributed by atoms with Gasteiger partial charge in [-0.15, -0.1) is 0 Å². The molecule has 1 fully saturated rings. The van der Waals surface area contributed by atoms with Crippen molar-refractivity contribution in [1.82, 2.24) is 10.6 Å². The number of aliphatic hydroxyl groups is 2. The Morgan fingerprint density at radius 1 is 0.921 bits per heavy atom. The number of carbonyl (C=O) groups excluding carboxylic acids is 1. The maximum absolute atomic E-state index is 11.7. The van der Waals surface area contributed by atoms with Crippen LogP contribution in [-0.2, 0) is 22.6 Å². The molecule has 8 heteroatoms. The summed E-state index contributed by atoms with van der Waals surface area (Å²) in [5.74, 6) is 1.45. The number of hydrogen-bond donors (Lipinski definition) is 4. The molecule has 0 spiro atoms. The Hall–Kier alpha value is -2.88. The second-order valence-corrected chi connectivity index (χ2v) is 10.3. The number of carbonyl (C=O) groups is 1. The molecule has 1 aliphatic heterocycles. The zero-order valence-electron chi connectivity index (χ0n) is 21.6. The van der Waals surface area contributed by atoms with Gasteiger partial charge in [0.05, 0.1) is 25.4 Å². The quantitative estimate of drug-likeness (QED) is 0.259. The van der Waals surface area contributed by atoms with Crippen LogP contribution in [0.25, 0.3) is 11.1 Å². The summed E-state index contributed by atoms with van der Waals surface area (Å²) in [5.41, 5.74) is 6.02. The van der Waals surface area contributed by atoms with Crippen molar-refractivity contribution in [1.29, 1.82) is 0 Å². The standard InChI is InChI=1S/C30H36N2O5S/c1-2-31-30(35)32-18-22-4-3-5-26(16-22)23-10-12-25(13-11-23)29-36-27(20-38-15-14-33)17-28(37-29)24-8-6-21(19-34)7-9-24/h3-13,16,27-29,33-34H,2,14-15,17-20H2,1H3,(H2,31,32,35)/t27-,28+,29+/m1/s1. The van der Waals surface area contributed by atoms with E-state index in [2.05, 4.69) is 34.9 Å². The van der Waals surface area contributed by atoms with Crippen LogP contribution in [0.15, 0.2) is 72.8 Å². The summed E-state index contributed by atoms with van der Waals surface area (Å²) in [6, 6.07) is 24.0. The molecule has 1 aliphatic rings. The van der Waals surface area contributed by atoms with E-state index in [0.29, 0.717) is 18.8 Å². The first kappa shape index (κ1) is 28.1. The molecule has 202 valence electrons. The molecule has 38 heavy (non-hydrogen) atoms. The summed E-state index contributed by atoms with van der Waals surface area (Å²) < 4.78 is 12.8. The summed E-state index contributed by atoms with van der Waals surface area (Å²) in [7, 11) is 0. The number of amides is 2. The topological polar surface area (TPSA) is 100 Å². The van der Waals surface area contributed by atoms with Gasteiger partial charge in [-0.2, -0.15) is 11.8 Å². The van der Waals surface area contributed by atoms with Gasteiger partial charge >= 0.3 is 6.03 Å². The summed E-state index contributed by atoms with van der Waals surface area (Å²) in [4.78, 5) is 11.7. The highest BCUT2D eigenvalue weighted by molar-refractivity contribution is 7.99. The third kappa shape index (κ3) is 7.82. The monoisotopic (exact) mass is 536 g/mol. The van der Waals surface area contributed by atoms with Gasteiger partial charge in [0.2, 0.25) is 0 Å². The van der Waals surface area contributed by atoms with Crippen LogP contribution >= 0.6 is 11.8 Å². The predicted molar refractivity (Wildman–Crippen MR) is 151 cm³/mol. The Bertz CT molecular complexity index is 1160. The second kappa shape index (κ2) is 14.3. The largest absolute Gasteiger partial charge is 0.396 e. The summed E-state index contributed by atoms with van der Waals surface area (Å²) in [6.45, 7) is 3.09. The highest BCUT2D eigenvalue weighted by Gasteiger charge is 2.32. The fourth-order valence-corrected chi connectivity index (χ4v) is 5.17. The van der Waals surface area contributed by atoms with Gasteiger partial charge in [-0.3, -0.25) is 0 Å². The SMILES string of the molecule is CCNC(=O)NCc1cccc(-c2ccc([C@H]3O[C@@H](CSCCO)C[C@@H](c4ccc(CO)cc4)O3)cc2)c1. The van der Waals surface area contributed by atoms with Gasteiger partial charge in [-0.05, 0) is 40.8 Å². The van der Waals surface area contributed by atoms with Crippen LogP contribution in [0.5, 0.6) is 0 Å². The molecule has 7 nitrogen and oxygen atoms in total. The van der Waals surface area contributed by atoms with Gasteiger partial charge in [0.1, 0.15) is 0 Å². The van der Waals surface area contributed by atoms with Crippen LogP contribution in [0, 0.1) is 0 Å². The Morgan fingerprint density at radius 3 is 2.39 bits per heavy atom. The van der Waals surface area contributed by atoms with Gasteiger partial charge in [-0.1, -0.05) is 66.7 Å². The lowest BCUT2D eigenvalue weighted by Gasteiger charge is -2.36. The van der Waals surface area contributed by atoms with Crippen molar-refractivity contribution in [2.45, 2.75) is 45.0 Å². The molecular formula is C30H36N2O5S. The highest BCUT2D eigenvalue weighted by Crippen LogP contribution is 2.39. The molecule has 4 N–H and O–H groups in total. The summed E-state index contributed by atoms with van der Waals surface area (Å²) in [5, 5.41) is 24.2. The van der Waals surface area contributed by atoms with E-state index in [0.717, 1.165) is 45.6 Å². The lowest BCUT2D eigenvalue weighted by molar-refractivity contribution is -0.245. The number of hydrogen-bond acceptors (Lipinski definition) is 6. The van der Waals surface area contributed by atoms with Crippen LogP contribution < -0.4 is 10.6 Å². The van der Waals surface area contributed by atoms with Gasteiger partial charge < -0.3 is 30.3 Å². The van der Waals surface area contributed by atoms with Gasteiger partial charge in [0.15, 0.2) is 6.29 Å². The van der Waals surface area contributed by atoms with Crippen LogP contribution in [-0.4, -0.2) is 47.0 Å². The molecule has 0 aromatic heterocycles. The molecule has 3 aromatic carbocycles. The lowest BCUT2D eigenvalue weighted by atomic mass is 9.99. The van der Waals surface area contributed by atoms with Crippen LogP contribution in [0.4, 0.5) is 4.79 Å². The molecule has 4 rings (SSSR count). The van der Waals surface area contributed by atoms with E-state index in [1.54, 1.807) is 11.8 Å². The van der Waals surface area contributed by atoms with Crippen molar-refractivity contribution >= 4 is 17.8 Å². The van der Waals surface area contributed by atoms with E-state index >= 15 is 0 Å². The van der Waals surface area contributed by atoms with Crippen molar-refractivity contribution in [2.24, 2.45) is 0 Å². The highest BCUT2D eigenvalue weighted by atomic mass is 32.2. The van der Waals surface area contributed by atoms with E-state index in [9.17, 15) is 15.0 Å². The maximum atomic E-state index is 11.7. The normalized spacial score (nSPS) is 19.2. The van der Waals surface area contributed by atoms with Crippen molar-refractivity contribution < 1.29 is 24.5 Å². The zero-order valence-corrected chi connectivity index (χ0v) is 22.5. The molecule has 1 saturated heterocycles. The Morgan fingerprint density at radius 2 is 1.68 bits per heavy atom. The minimum absolute atomic E-state index is 0.0118. The fourth-order valence-electron chi connectivity index (χ4n) is 4.40. The smallest absolute Gasteiger partial charge is 0.315 e. The molecule has 2 amide bonds. The van der Waals surface area contributed by atoms with Crippen molar-refractivity contribution in [3.8, 4) is 11.1 Å². The van der Waals surface area contributed by atoms with Crippen molar-refractivity contribution in [2.75, 3.05) is 24.7 Å². The minimum Gasteiger partial charge on any atom is -0.396 e. The van der Waals surface area contributed by atoms with E-state index in [1.807, 2.05) is 55.5 Å². The summed E-state index contributed by atoms with van der Waals surface area (Å²) in [6.07, 6.45) is 0.0759. The molecule has 0 unspecified atom stereocenters. The molecule has 0 aliphatic carbocycles. The number of urea groups is 1. The molecular weight excluding hydrogens is 500 g/mol. The first-order valence-corrected chi connectivity index (χ1v) is 14.1. The second-order valence-electron chi connectivity index (χ2n) is 9.18. The molecule has 3 aromatic rings. The average Bonchev–Trinajstić information content (AvgIpc) is 2.96. The third-order valence-corrected chi connectivity index (χ3v) is 7.47. The van der Waals surface area contributed by atoms with Crippen molar-refractivity contribution in [3.63, 3.8) is 0 Å². The molecule has 0 bridgehead atoms.